The van der Waals surface area contributed by atoms with Gasteiger partial charge < -0.3 is 9.47 Å². The molecule has 20 heavy (non-hydrogen) atoms. The zero-order valence-electron chi connectivity index (χ0n) is 11.1. The van der Waals surface area contributed by atoms with Crippen LogP contribution in [0.15, 0.2) is 46.9 Å². The van der Waals surface area contributed by atoms with Gasteiger partial charge in [-0.15, -0.1) is 0 Å². The van der Waals surface area contributed by atoms with Gasteiger partial charge in [0.1, 0.15) is 18.1 Å². The fourth-order valence-corrected chi connectivity index (χ4v) is 2.16. The van der Waals surface area contributed by atoms with Gasteiger partial charge in [0.05, 0.1) is 22.7 Å². The summed E-state index contributed by atoms with van der Waals surface area (Å²) < 4.78 is 12.0. The Morgan fingerprint density at radius 1 is 1.10 bits per heavy atom. The highest BCUT2D eigenvalue weighted by molar-refractivity contribution is 9.10. The molecule has 0 unspecified atom stereocenters. The minimum Gasteiger partial charge on any atom is -0.494 e. The molecule has 0 saturated carbocycles. The number of benzene rings is 2. The second kappa shape index (κ2) is 6.97. The summed E-state index contributed by atoms with van der Waals surface area (Å²) in [5.74, 6) is 1.57. The smallest absolute Gasteiger partial charge is 0.134 e. The largest absolute Gasteiger partial charge is 0.494 e. The van der Waals surface area contributed by atoms with E-state index in [1.54, 1.807) is 12.1 Å². The van der Waals surface area contributed by atoms with E-state index in [9.17, 15) is 0 Å². The van der Waals surface area contributed by atoms with Gasteiger partial charge in [0.2, 0.25) is 0 Å². The third kappa shape index (κ3) is 3.75. The van der Waals surface area contributed by atoms with Crippen molar-refractivity contribution >= 4 is 15.9 Å². The third-order valence-corrected chi connectivity index (χ3v) is 3.31. The van der Waals surface area contributed by atoms with Gasteiger partial charge in [-0.1, -0.05) is 12.1 Å². The molecule has 2 aromatic carbocycles. The lowest BCUT2D eigenvalue weighted by molar-refractivity contribution is 0.302. The normalized spacial score (nSPS) is 9.85. The van der Waals surface area contributed by atoms with E-state index < -0.39 is 0 Å². The van der Waals surface area contributed by atoms with Gasteiger partial charge in [0.15, 0.2) is 0 Å². The first-order valence-electron chi connectivity index (χ1n) is 6.27. The molecule has 3 nitrogen and oxygen atoms in total. The Balaban J connectivity index is 2.01. The molecule has 4 heteroatoms. The van der Waals surface area contributed by atoms with Gasteiger partial charge in [-0.05, 0) is 58.7 Å². The maximum absolute atomic E-state index is 8.74. The average molecular weight is 332 g/mol. The average Bonchev–Trinajstić information content (AvgIpc) is 2.47. The van der Waals surface area contributed by atoms with E-state index in [-0.39, 0.29) is 0 Å². The number of rotatable bonds is 5. The number of nitriles is 1. The molecule has 0 aliphatic rings. The molecule has 0 aliphatic heterocycles. The predicted molar refractivity (Wildman–Crippen MR) is 80.8 cm³/mol. The lowest BCUT2D eigenvalue weighted by atomic mass is 10.2. The van der Waals surface area contributed by atoms with E-state index in [0.717, 1.165) is 21.5 Å². The maximum Gasteiger partial charge on any atom is 0.134 e. The standard InChI is InChI=1S/C16H14BrNO2/c1-2-19-14-7-8-16(15(17)9-14)20-11-13-5-3-12(10-18)4-6-13/h3-9H,2,11H2,1H3. The summed E-state index contributed by atoms with van der Waals surface area (Å²) in [6.45, 7) is 3.04. The highest BCUT2D eigenvalue weighted by atomic mass is 79.9. The van der Waals surface area contributed by atoms with Gasteiger partial charge in [-0.25, -0.2) is 0 Å². The summed E-state index contributed by atoms with van der Waals surface area (Å²) in [5.41, 5.74) is 1.67. The monoisotopic (exact) mass is 331 g/mol. The SMILES string of the molecule is CCOc1ccc(OCc2ccc(C#N)cc2)c(Br)c1. The van der Waals surface area contributed by atoms with Gasteiger partial charge in [-0.3, -0.25) is 0 Å². The molecule has 0 spiro atoms. The Labute approximate surface area is 126 Å². The Bertz CT molecular complexity index is 617. The van der Waals surface area contributed by atoms with Gasteiger partial charge in [0, 0.05) is 0 Å². The summed E-state index contributed by atoms with van der Waals surface area (Å²) in [7, 11) is 0. The van der Waals surface area contributed by atoms with Crippen molar-refractivity contribution in [3.8, 4) is 17.6 Å². The minimum absolute atomic E-state index is 0.457. The third-order valence-electron chi connectivity index (χ3n) is 2.69. The number of ether oxygens (including phenoxy) is 2. The maximum atomic E-state index is 8.74. The van der Waals surface area contributed by atoms with E-state index in [1.807, 2.05) is 37.3 Å². The first-order chi connectivity index (χ1) is 9.72. The van der Waals surface area contributed by atoms with Crippen molar-refractivity contribution in [2.24, 2.45) is 0 Å². The first-order valence-corrected chi connectivity index (χ1v) is 7.06. The van der Waals surface area contributed by atoms with Crippen LogP contribution in [0, 0.1) is 11.3 Å². The van der Waals surface area contributed by atoms with Crippen molar-refractivity contribution < 1.29 is 9.47 Å². The first kappa shape index (κ1) is 14.4. The second-order valence-electron chi connectivity index (χ2n) is 4.12. The molecular formula is C16H14BrNO2. The molecule has 0 fully saturated rings. The summed E-state index contributed by atoms with van der Waals surface area (Å²) in [6.07, 6.45) is 0. The lowest BCUT2D eigenvalue weighted by Crippen LogP contribution is -1.97. The molecule has 0 aromatic heterocycles. The van der Waals surface area contributed by atoms with Crippen LogP contribution >= 0.6 is 15.9 Å². The van der Waals surface area contributed by atoms with Crippen molar-refractivity contribution in [2.75, 3.05) is 6.61 Å². The topological polar surface area (TPSA) is 42.2 Å². The molecular weight excluding hydrogens is 318 g/mol. The summed E-state index contributed by atoms with van der Waals surface area (Å²) in [6, 6.07) is 15.1. The van der Waals surface area contributed by atoms with Crippen LogP contribution in [0.4, 0.5) is 0 Å². The molecule has 2 rings (SSSR count). The highest BCUT2D eigenvalue weighted by Crippen LogP contribution is 2.29. The number of hydrogen-bond acceptors (Lipinski definition) is 3. The second-order valence-corrected chi connectivity index (χ2v) is 4.98. The predicted octanol–water partition coefficient (Wildman–Crippen LogP) is 4.30. The number of hydrogen-bond donors (Lipinski definition) is 0. The number of nitrogens with zero attached hydrogens (tertiary/aromatic N) is 1. The molecule has 0 N–H and O–H groups in total. The molecule has 0 saturated heterocycles. The molecule has 0 atom stereocenters. The Morgan fingerprint density at radius 2 is 1.85 bits per heavy atom. The zero-order valence-corrected chi connectivity index (χ0v) is 12.7. The van der Waals surface area contributed by atoms with Gasteiger partial charge >= 0.3 is 0 Å². The number of halogens is 1. The van der Waals surface area contributed by atoms with Gasteiger partial charge in [0.25, 0.3) is 0 Å². The minimum atomic E-state index is 0.457. The summed E-state index contributed by atoms with van der Waals surface area (Å²) in [5, 5.41) is 8.74. The van der Waals surface area contributed by atoms with E-state index in [4.69, 9.17) is 14.7 Å². The van der Waals surface area contributed by atoms with Gasteiger partial charge in [-0.2, -0.15) is 5.26 Å². The fourth-order valence-electron chi connectivity index (χ4n) is 1.69. The van der Waals surface area contributed by atoms with E-state index in [0.29, 0.717) is 18.8 Å². The Morgan fingerprint density at radius 3 is 2.45 bits per heavy atom. The van der Waals surface area contributed by atoms with E-state index in [2.05, 4.69) is 22.0 Å². The van der Waals surface area contributed by atoms with Crippen LogP contribution in [0.5, 0.6) is 11.5 Å². The zero-order chi connectivity index (χ0) is 14.4. The van der Waals surface area contributed by atoms with Crippen molar-refractivity contribution in [3.63, 3.8) is 0 Å². The van der Waals surface area contributed by atoms with Crippen LogP contribution in [0.25, 0.3) is 0 Å². The molecule has 0 heterocycles. The summed E-state index contributed by atoms with van der Waals surface area (Å²) >= 11 is 3.47. The Hall–Kier alpha value is -1.99. The van der Waals surface area contributed by atoms with Crippen molar-refractivity contribution in [1.29, 1.82) is 5.26 Å². The van der Waals surface area contributed by atoms with Crippen LogP contribution in [-0.4, -0.2) is 6.61 Å². The molecule has 0 radical (unpaired) electrons. The van der Waals surface area contributed by atoms with Crippen molar-refractivity contribution in [2.45, 2.75) is 13.5 Å². The molecule has 0 amide bonds. The molecule has 0 bridgehead atoms. The fraction of sp³-hybridized carbons (Fsp3) is 0.188. The quantitative estimate of drug-likeness (QED) is 0.820. The molecule has 0 aliphatic carbocycles. The van der Waals surface area contributed by atoms with Crippen LogP contribution in [-0.2, 0) is 6.61 Å². The summed E-state index contributed by atoms with van der Waals surface area (Å²) in [4.78, 5) is 0. The van der Waals surface area contributed by atoms with Crippen LogP contribution in [0.1, 0.15) is 18.1 Å². The lowest BCUT2D eigenvalue weighted by Gasteiger charge is -2.10. The van der Waals surface area contributed by atoms with Crippen molar-refractivity contribution in [3.05, 3.63) is 58.1 Å². The van der Waals surface area contributed by atoms with Crippen LogP contribution in [0.2, 0.25) is 0 Å². The van der Waals surface area contributed by atoms with Crippen molar-refractivity contribution in [1.82, 2.24) is 0 Å². The molecule has 2 aromatic rings. The highest BCUT2D eigenvalue weighted by Gasteiger charge is 2.04. The van der Waals surface area contributed by atoms with Crippen LogP contribution < -0.4 is 9.47 Å². The van der Waals surface area contributed by atoms with E-state index in [1.165, 1.54) is 0 Å². The molecule has 102 valence electrons. The van der Waals surface area contributed by atoms with E-state index >= 15 is 0 Å². The van der Waals surface area contributed by atoms with Crippen LogP contribution in [0.3, 0.4) is 0 Å². The Kier molecular flexibility index (Phi) is 5.03.